The van der Waals surface area contributed by atoms with Gasteiger partial charge in [-0.3, -0.25) is 0 Å². The van der Waals surface area contributed by atoms with Gasteiger partial charge in [-0.2, -0.15) is 13.2 Å². The monoisotopic (exact) mass is 440 g/mol. The molecule has 0 unspecified atom stereocenters. The molecule has 0 saturated carbocycles. The summed E-state index contributed by atoms with van der Waals surface area (Å²) in [4.78, 5) is 3.94. The first-order valence-corrected chi connectivity index (χ1v) is 9.66. The molecule has 3 aromatic heterocycles. The zero-order valence-electron chi connectivity index (χ0n) is 11.4. The quantitative estimate of drug-likeness (QED) is 0.545. The number of halogens is 3. The van der Waals surface area contributed by atoms with Gasteiger partial charge in [0.2, 0.25) is 0 Å². The van der Waals surface area contributed by atoms with E-state index in [9.17, 15) is 8.78 Å². The van der Waals surface area contributed by atoms with Crippen molar-refractivity contribution < 1.29 is 13.9 Å². The van der Waals surface area contributed by atoms with Crippen LogP contribution in [0, 0.1) is 0 Å². The Morgan fingerprint density at radius 2 is 2.26 bits per heavy atom. The summed E-state index contributed by atoms with van der Waals surface area (Å²) in [5.41, 5.74) is 5.82. The number of nitrogens with one attached hydrogen (secondary N) is 1. The maximum atomic E-state index is 14.3. The van der Waals surface area contributed by atoms with Crippen molar-refractivity contribution >= 4 is 65.4 Å². The minimum absolute atomic E-state index is 0.221. The number of aliphatic hydroxyl groups excluding tert-OH is 1. The van der Waals surface area contributed by atoms with Crippen LogP contribution in [0.5, 0.6) is 0 Å². The number of nitrogens with zero attached hydrogens (tertiary/aromatic N) is 2. The molecule has 23 heavy (non-hydrogen) atoms. The van der Waals surface area contributed by atoms with E-state index in [-0.39, 0.29) is 9.35 Å². The third kappa shape index (κ3) is 3.13. The van der Waals surface area contributed by atoms with Crippen LogP contribution < -0.4 is 11.1 Å². The lowest BCUT2D eigenvalue weighted by molar-refractivity contribution is -0.0434. The lowest BCUT2D eigenvalue weighted by Crippen LogP contribution is -2.41. The third-order valence-corrected chi connectivity index (χ3v) is 7.14. The minimum Gasteiger partial charge on any atom is -0.395 e. The standard InChI is InChI=1S/C12H11BrF2N4OS3/c13-7-8-9(22-10(7)12(14,15)5(16)4-20)11(23-19-8)18-3-6-17-1-2-21-6/h1-2,5,18,20H,3-4,16H2/t5-/m0/s1. The number of thiophene rings is 1. The van der Waals surface area contributed by atoms with E-state index in [1.165, 1.54) is 22.9 Å². The van der Waals surface area contributed by atoms with Gasteiger partial charge in [0.15, 0.2) is 0 Å². The smallest absolute Gasteiger partial charge is 0.300 e. The second kappa shape index (κ2) is 6.65. The molecule has 0 fully saturated rings. The SMILES string of the molecule is N[C@@H](CO)C(F)(F)c1sc2c(NCc3nccs3)snc2c1Br. The molecular formula is C12H11BrF2N4OS3. The summed E-state index contributed by atoms with van der Waals surface area (Å²) in [6.45, 7) is -0.293. The highest BCUT2D eigenvalue weighted by Crippen LogP contribution is 2.48. The predicted molar refractivity (Wildman–Crippen MR) is 93.6 cm³/mol. The zero-order valence-corrected chi connectivity index (χ0v) is 15.5. The van der Waals surface area contributed by atoms with Gasteiger partial charge >= 0.3 is 0 Å². The average molecular weight is 441 g/mol. The topological polar surface area (TPSA) is 84.1 Å². The number of alkyl halides is 2. The number of fused-ring (bicyclic) bond motifs is 1. The number of rotatable bonds is 6. The Hall–Kier alpha value is -0.720. The molecule has 0 aliphatic rings. The lowest BCUT2D eigenvalue weighted by atomic mass is 10.1. The summed E-state index contributed by atoms with van der Waals surface area (Å²) < 4.78 is 33.7. The summed E-state index contributed by atoms with van der Waals surface area (Å²) in [5.74, 6) is -3.33. The average Bonchev–Trinajstić information content (AvgIpc) is 3.23. The molecular weight excluding hydrogens is 430 g/mol. The summed E-state index contributed by atoms with van der Waals surface area (Å²) in [6, 6.07) is -1.66. The maximum absolute atomic E-state index is 14.3. The fourth-order valence-electron chi connectivity index (χ4n) is 1.88. The van der Waals surface area contributed by atoms with Gasteiger partial charge in [-0.15, -0.1) is 22.7 Å². The molecule has 3 rings (SSSR count). The Morgan fingerprint density at radius 1 is 1.48 bits per heavy atom. The van der Waals surface area contributed by atoms with Gasteiger partial charge in [0.1, 0.15) is 15.5 Å². The second-order valence-electron chi connectivity index (χ2n) is 4.63. The van der Waals surface area contributed by atoms with Crippen LogP contribution in [0.3, 0.4) is 0 Å². The number of hydrogen-bond donors (Lipinski definition) is 3. The normalized spacial score (nSPS) is 13.6. The molecule has 0 aliphatic carbocycles. The van der Waals surface area contributed by atoms with E-state index < -0.39 is 18.6 Å². The van der Waals surface area contributed by atoms with Gasteiger partial charge in [-0.25, -0.2) is 4.98 Å². The van der Waals surface area contributed by atoms with Crippen LogP contribution in [0.1, 0.15) is 9.88 Å². The van der Waals surface area contributed by atoms with Crippen LogP contribution in [0.15, 0.2) is 16.0 Å². The number of aliphatic hydroxyl groups is 1. The highest BCUT2D eigenvalue weighted by Gasteiger charge is 2.43. The van der Waals surface area contributed by atoms with Gasteiger partial charge in [0, 0.05) is 11.6 Å². The van der Waals surface area contributed by atoms with E-state index >= 15 is 0 Å². The molecule has 0 spiro atoms. The van der Waals surface area contributed by atoms with Gasteiger partial charge < -0.3 is 16.2 Å². The molecule has 11 heteroatoms. The van der Waals surface area contributed by atoms with Crippen LogP contribution in [-0.4, -0.2) is 27.1 Å². The van der Waals surface area contributed by atoms with Crippen LogP contribution in [-0.2, 0) is 12.5 Å². The van der Waals surface area contributed by atoms with E-state index in [2.05, 4.69) is 30.6 Å². The molecule has 5 nitrogen and oxygen atoms in total. The third-order valence-electron chi connectivity index (χ3n) is 3.11. The first kappa shape index (κ1) is 17.1. The minimum atomic E-state index is -3.33. The molecule has 0 radical (unpaired) electrons. The number of hydrogen-bond acceptors (Lipinski definition) is 8. The van der Waals surface area contributed by atoms with Gasteiger partial charge in [0.05, 0.1) is 33.2 Å². The Bertz CT molecular complexity index is 805. The maximum Gasteiger partial charge on any atom is 0.300 e. The summed E-state index contributed by atoms with van der Waals surface area (Å²) >= 11 is 6.83. The zero-order chi connectivity index (χ0) is 16.6. The van der Waals surface area contributed by atoms with E-state index in [0.717, 1.165) is 16.3 Å². The number of aromatic nitrogens is 2. The van der Waals surface area contributed by atoms with Gasteiger partial charge in [-0.05, 0) is 27.5 Å². The molecule has 0 aromatic carbocycles. The van der Waals surface area contributed by atoms with E-state index in [1.54, 1.807) is 6.20 Å². The van der Waals surface area contributed by atoms with Crippen molar-refractivity contribution in [2.24, 2.45) is 5.73 Å². The fraction of sp³-hybridized carbons (Fsp3) is 0.333. The predicted octanol–water partition coefficient (Wildman–Crippen LogP) is 3.60. The number of nitrogens with two attached hydrogens (primary N) is 1. The van der Waals surface area contributed by atoms with Crippen molar-refractivity contribution in [2.45, 2.75) is 18.5 Å². The molecule has 3 heterocycles. The van der Waals surface area contributed by atoms with Crippen LogP contribution >= 0.6 is 50.1 Å². The molecule has 0 aliphatic heterocycles. The molecule has 3 aromatic rings. The molecule has 124 valence electrons. The van der Waals surface area contributed by atoms with Crippen molar-refractivity contribution in [3.63, 3.8) is 0 Å². The van der Waals surface area contributed by atoms with Crippen LogP contribution in [0.25, 0.3) is 10.2 Å². The van der Waals surface area contributed by atoms with Crippen molar-refractivity contribution in [3.05, 3.63) is 25.9 Å². The second-order valence-corrected chi connectivity index (χ2v) is 8.19. The Balaban J connectivity index is 1.93. The lowest BCUT2D eigenvalue weighted by Gasteiger charge is -2.20. The van der Waals surface area contributed by atoms with Crippen molar-refractivity contribution in [2.75, 3.05) is 11.9 Å². The molecule has 0 saturated heterocycles. The number of anilines is 1. The highest BCUT2D eigenvalue weighted by molar-refractivity contribution is 9.10. The first-order valence-electron chi connectivity index (χ1n) is 6.39. The van der Waals surface area contributed by atoms with E-state index in [4.69, 9.17) is 10.8 Å². The summed E-state index contributed by atoms with van der Waals surface area (Å²) in [6.07, 6.45) is 1.71. The van der Waals surface area contributed by atoms with Gasteiger partial charge in [0.25, 0.3) is 5.92 Å². The highest BCUT2D eigenvalue weighted by atomic mass is 79.9. The summed E-state index contributed by atoms with van der Waals surface area (Å²) in [5, 5.41) is 15.6. The van der Waals surface area contributed by atoms with Crippen molar-refractivity contribution in [3.8, 4) is 0 Å². The van der Waals surface area contributed by atoms with E-state index in [0.29, 0.717) is 21.8 Å². The summed E-state index contributed by atoms with van der Waals surface area (Å²) in [7, 11) is 0. The number of thiazole rings is 1. The van der Waals surface area contributed by atoms with E-state index in [1.807, 2.05) is 5.38 Å². The largest absolute Gasteiger partial charge is 0.395 e. The van der Waals surface area contributed by atoms with Crippen molar-refractivity contribution in [1.82, 2.24) is 9.36 Å². The molecule has 0 bridgehead atoms. The van der Waals surface area contributed by atoms with Gasteiger partial charge in [-0.1, -0.05) is 0 Å². The Labute approximate surface area is 150 Å². The van der Waals surface area contributed by atoms with Crippen LogP contribution in [0.4, 0.5) is 13.8 Å². The molecule has 4 N–H and O–H groups in total. The van der Waals surface area contributed by atoms with Crippen LogP contribution in [0.2, 0.25) is 0 Å². The Kier molecular flexibility index (Phi) is 4.95. The molecule has 0 amide bonds. The van der Waals surface area contributed by atoms with Crippen molar-refractivity contribution in [1.29, 1.82) is 0 Å². The Morgan fingerprint density at radius 3 is 2.91 bits per heavy atom. The fourth-order valence-corrected chi connectivity index (χ4v) is 5.54. The first-order chi connectivity index (χ1) is 10.9. The molecule has 1 atom stereocenters.